The molecule has 1 aromatic rings. The topological polar surface area (TPSA) is 52.9 Å². The Bertz CT molecular complexity index is 484. The van der Waals surface area contributed by atoms with Gasteiger partial charge in [-0.3, -0.25) is 4.79 Å². The zero-order valence-electron chi connectivity index (χ0n) is 9.80. The van der Waals surface area contributed by atoms with E-state index in [1.54, 1.807) is 0 Å². The lowest BCUT2D eigenvalue weighted by Gasteiger charge is -2.17. The largest absolute Gasteiger partial charge is 0.416 e. The molecule has 0 aliphatic rings. The van der Waals surface area contributed by atoms with Crippen LogP contribution in [0.3, 0.4) is 0 Å². The van der Waals surface area contributed by atoms with Crippen molar-refractivity contribution < 1.29 is 18.0 Å². The number of rotatable bonds is 2. The van der Waals surface area contributed by atoms with Crippen LogP contribution < -0.4 is 5.32 Å². The number of benzene rings is 1. The summed E-state index contributed by atoms with van der Waals surface area (Å²) in [5.41, 5.74) is -1.82. The van der Waals surface area contributed by atoms with Crippen molar-refractivity contribution in [2.75, 3.05) is 0 Å². The highest BCUT2D eigenvalue weighted by Gasteiger charge is 2.30. The molecule has 0 radical (unpaired) electrons. The minimum Gasteiger partial charge on any atom is -0.334 e. The molecule has 0 aliphatic heterocycles. The van der Waals surface area contributed by atoms with E-state index in [-0.39, 0.29) is 5.56 Å². The highest BCUT2D eigenvalue weighted by molar-refractivity contribution is 5.94. The summed E-state index contributed by atoms with van der Waals surface area (Å²) < 4.78 is 36.9. The molecule has 0 bridgehead atoms. The summed E-state index contributed by atoms with van der Waals surface area (Å²) in [6, 6.07) is 5.67. The first kappa shape index (κ1) is 14.0. The molecule has 0 fully saturated rings. The number of alkyl halides is 3. The second-order valence-corrected chi connectivity index (χ2v) is 4.27. The van der Waals surface area contributed by atoms with Crippen LogP contribution in [0.2, 0.25) is 0 Å². The average Bonchev–Trinajstić information content (AvgIpc) is 2.27. The van der Waals surface area contributed by atoms with E-state index in [0.717, 1.165) is 24.3 Å². The summed E-state index contributed by atoms with van der Waals surface area (Å²) in [6.07, 6.45) is -4.43. The first-order valence-corrected chi connectivity index (χ1v) is 5.07. The average molecular weight is 256 g/mol. The fourth-order valence-electron chi connectivity index (χ4n) is 1.19. The lowest BCUT2D eigenvalue weighted by molar-refractivity contribution is -0.137. The van der Waals surface area contributed by atoms with Gasteiger partial charge < -0.3 is 5.32 Å². The SMILES string of the molecule is CC(C)(C#N)NC(=O)c1ccc(C(F)(F)F)cc1. The van der Waals surface area contributed by atoms with E-state index in [4.69, 9.17) is 5.26 Å². The van der Waals surface area contributed by atoms with Crippen molar-refractivity contribution in [1.29, 1.82) is 5.26 Å². The molecule has 96 valence electrons. The van der Waals surface area contributed by atoms with E-state index in [1.165, 1.54) is 13.8 Å². The van der Waals surface area contributed by atoms with Gasteiger partial charge in [0, 0.05) is 5.56 Å². The van der Waals surface area contributed by atoms with Crippen molar-refractivity contribution in [2.45, 2.75) is 25.6 Å². The van der Waals surface area contributed by atoms with E-state index in [0.29, 0.717) is 0 Å². The van der Waals surface area contributed by atoms with Gasteiger partial charge in [0.1, 0.15) is 5.54 Å². The lowest BCUT2D eigenvalue weighted by Crippen LogP contribution is -2.42. The van der Waals surface area contributed by atoms with Crippen LogP contribution in [0, 0.1) is 11.3 Å². The van der Waals surface area contributed by atoms with Gasteiger partial charge in [0.05, 0.1) is 11.6 Å². The molecule has 1 N–H and O–H groups in total. The summed E-state index contributed by atoms with van der Waals surface area (Å²) in [7, 11) is 0. The molecule has 3 nitrogen and oxygen atoms in total. The Morgan fingerprint density at radius 2 is 1.72 bits per heavy atom. The molecule has 0 spiro atoms. The van der Waals surface area contributed by atoms with Gasteiger partial charge in [-0.05, 0) is 38.1 Å². The van der Waals surface area contributed by atoms with Crippen molar-refractivity contribution in [2.24, 2.45) is 0 Å². The van der Waals surface area contributed by atoms with Crippen molar-refractivity contribution >= 4 is 5.91 Å². The van der Waals surface area contributed by atoms with Gasteiger partial charge in [0.25, 0.3) is 5.91 Å². The number of amides is 1. The molecular weight excluding hydrogens is 245 g/mol. The molecule has 1 rings (SSSR count). The van der Waals surface area contributed by atoms with Crippen LogP contribution >= 0.6 is 0 Å². The quantitative estimate of drug-likeness (QED) is 0.884. The Labute approximate surface area is 102 Å². The summed E-state index contributed by atoms with van der Waals surface area (Å²) >= 11 is 0. The number of nitrogens with one attached hydrogen (secondary N) is 1. The predicted octanol–water partition coefficient (Wildman–Crippen LogP) is 2.74. The van der Waals surface area contributed by atoms with Gasteiger partial charge >= 0.3 is 6.18 Å². The first-order chi connectivity index (χ1) is 8.15. The third-order valence-corrected chi connectivity index (χ3v) is 2.18. The summed E-state index contributed by atoms with van der Waals surface area (Å²) in [6.45, 7) is 2.99. The zero-order valence-corrected chi connectivity index (χ0v) is 9.80. The number of carbonyl (C=O) groups excluding carboxylic acids is 1. The second-order valence-electron chi connectivity index (χ2n) is 4.27. The molecule has 0 heterocycles. The molecule has 0 aromatic heterocycles. The fraction of sp³-hybridized carbons (Fsp3) is 0.333. The predicted molar refractivity (Wildman–Crippen MR) is 58.6 cm³/mol. The zero-order chi connectivity index (χ0) is 14.0. The third-order valence-electron chi connectivity index (χ3n) is 2.18. The second kappa shape index (κ2) is 4.69. The van der Waals surface area contributed by atoms with Crippen LogP contribution in [0.15, 0.2) is 24.3 Å². The minimum absolute atomic E-state index is 0.0753. The minimum atomic E-state index is -4.43. The Morgan fingerprint density at radius 1 is 1.22 bits per heavy atom. The molecule has 6 heteroatoms. The van der Waals surface area contributed by atoms with Crippen LogP contribution in [-0.4, -0.2) is 11.4 Å². The smallest absolute Gasteiger partial charge is 0.334 e. The van der Waals surface area contributed by atoms with Gasteiger partial charge in [-0.2, -0.15) is 18.4 Å². The van der Waals surface area contributed by atoms with Gasteiger partial charge in [0.15, 0.2) is 0 Å². The normalized spacial score (nSPS) is 11.8. The summed E-state index contributed by atoms with van der Waals surface area (Å²) in [5.74, 6) is -0.588. The monoisotopic (exact) mass is 256 g/mol. The number of hydrogen-bond donors (Lipinski definition) is 1. The molecule has 18 heavy (non-hydrogen) atoms. The van der Waals surface area contributed by atoms with Crippen LogP contribution in [0.25, 0.3) is 0 Å². The van der Waals surface area contributed by atoms with Crippen LogP contribution in [0.1, 0.15) is 29.8 Å². The van der Waals surface area contributed by atoms with Crippen molar-refractivity contribution in [3.63, 3.8) is 0 Å². The maximum absolute atomic E-state index is 12.3. The molecule has 0 unspecified atom stereocenters. The standard InChI is InChI=1S/C12H11F3N2O/c1-11(2,7-16)17-10(18)8-3-5-9(6-4-8)12(13,14)15/h3-6H,1-2H3,(H,17,18). The lowest BCUT2D eigenvalue weighted by atomic mass is 10.1. The number of nitrogens with zero attached hydrogens (tertiary/aromatic N) is 1. The highest BCUT2D eigenvalue weighted by Crippen LogP contribution is 2.29. The van der Waals surface area contributed by atoms with E-state index in [2.05, 4.69) is 5.32 Å². The molecule has 0 atom stereocenters. The van der Waals surface area contributed by atoms with Gasteiger partial charge in [0.2, 0.25) is 0 Å². The Hall–Kier alpha value is -2.03. The molecule has 1 aromatic carbocycles. The number of nitriles is 1. The first-order valence-electron chi connectivity index (χ1n) is 5.07. The third kappa shape index (κ3) is 3.48. The molecule has 0 saturated heterocycles. The highest BCUT2D eigenvalue weighted by atomic mass is 19.4. The van der Waals surface area contributed by atoms with Crippen molar-refractivity contribution in [3.05, 3.63) is 35.4 Å². The van der Waals surface area contributed by atoms with Crippen LogP contribution in [0.5, 0.6) is 0 Å². The van der Waals surface area contributed by atoms with Crippen molar-refractivity contribution in [1.82, 2.24) is 5.32 Å². The number of carbonyl (C=O) groups is 1. The van der Waals surface area contributed by atoms with E-state index >= 15 is 0 Å². The Morgan fingerprint density at radius 3 is 2.11 bits per heavy atom. The Balaban J connectivity index is 2.87. The van der Waals surface area contributed by atoms with Gasteiger partial charge in [-0.1, -0.05) is 0 Å². The Kier molecular flexibility index (Phi) is 3.65. The van der Waals surface area contributed by atoms with E-state index in [1.807, 2.05) is 6.07 Å². The maximum Gasteiger partial charge on any atom is 0.416 e. The van der Waals surface area contributed by atoms with Gasteiger partial charge in [-0.25, -0.2) is 0 Å². The summed E-state index contributed by atoms with van der Waals surface area (Å²) in [4.78, 5) is 11.6. The number of halogens is 3. The summed E-state index contributed by atoms with van der Waals surface area (Å²) in [5, 5.41) is 11.1. The van der Waals surface area contributed by atoms with E-state index in [9.17, 15) is 18.0 Å². The van der Waals surface area contributed by atoms with Gasteiger partial charge in [-0.15, -0.1) is 0 Å². The van der Waals surface area contributed by atoms with Crippen LogP contribution in [-0.2, 0) is 6.18 Å². The number of hydrogen-bond acceptors (Lipinski definition) is 2. The van der Waals surface area contributed by atoms with E-state index < -0.39 is 23.2 Å². The molecule has 0 saturated carbocycles. The maximum atomic E-state index is 12.3. The van der Waals surface area contributed by atoms with Crippen LogP contribution in [0.4, 0.5) is 13.2 Å². The molecule has 0 aliphatic carbocycles. The molecule has 1 amide bonds. The van der Waals surface area contributed by atoms with Crippen molar-refractivity contribution in [3.8, 4) is 6.07 Å². The molecular formula is C12H11F3N2O. The fourth-order valence-corrected chi connectivity index (χ4v) is 1.19.